The summed E-state index contributed by atoms with van der Waals surface area (Å²) in [6.45, 7) is 8.79. The van der Waals surface area contributed by atoms with Gasteiger partial charge in [0.1, 0.15) is 0 Å². The van der Waals surface area contributed by atoms with Crippen LogP contribution >= 0.6 is 0 Å². The highest BCUT2D eigenvalue weighted by Gasteiger charge is 2.49. The van der Waals surface area contributed by atoms with Crippen molar-refractivity contribution in [2.24, 2.45) is 16.8 Å². The summed E-state index contributed by atoms with van der Waals surface area (Å²) >= 11 is 0. The number of benzene rings is 2. The van der Waals surface area contributed by atoms with Crippen LogP contribution in [0.1, 0.15) is 65.7 Å². The van der Waals surface area contributed by atoms with Gasteiger partial charge in [-0.15, -0.1) is 0 Å². The molecule has 1 amide bonds. The largest absolute Gasteiger partial charge is 0.352 e. The molecule has 0 aromatic heterocycles. The molecule has 1 N–H and O–H groups in total. The highest BCUT2D eigenvalue weighted by Crippen LogP contribution is 2.49. The second kappa shape index (κ2) is 9.05. The molecule has 2 bridgehead atoms. The van der Waals surface area contributed by atoms with Crippen molar-refractivity contribution >= 4 is 17.7 Å². The third-order valence-corrected chi connectivity index (χ3v) is 9.21. The van der Waals surface area contributed by atoms with Crippen molar-refractivity contribution in [2.45, 2.75) is 57.4 Å². The van der Waals surface area contributed by atoms with E-state index in [2.05, 4.69) is 71.5 Å². The number of carbonyl (C=O) groups is 1. The van der Waals surface area contributed by atoms with E-state index in [0.717, 1.165) is 30.9 Å². The lowest BCUT2D eigenvalue weighted by Crippen LogP contribution is -2.58. The number of rotatable bonds is 7. The minimum atomic E-state index is 0.0429. The van der Waals surface area contributed by atoms with Crippen LogP contribution in [-0.4, -0.2) is 49.2 Å². The predicted molar refractivity (Wildman–Crippen MR) is 143 cm³/mol. The maximum absolute atomic E-state index is 13.0. The topological polar surface area (TPSA) is 44.7 Å². The maximum Gasteiger partial charge on any atom is 0.251 e. The summed E-state index contributed by atoms with van der Waals surface area (Å²) in [5.41, 5.74) is 7.47. The lowest BCUT2D eigenvalue weighted by atomic mass is 9.59. The van der Waals surface area contributed by atoms with E-state index in [4.69, 9.17) is 0 Å². The van der Waals surface area contributed by atoms with Crippen molar-refractivity contribution in [1.29, 1.82) is 0 Å². The average Bonchev–Trinajstić information content (AvgIpc) is 3.52. The lowest BCUT2D eigenvalue weighted by molar-refractivity contribution is 0.0284. The van der Waals surface area contributed by atoms with Crippen LogP contribution in [0.5, 0.6) is 0 Å². The summed E-state index contributed by atoms with van der Waals surface area (Å²) < 4.78 is 0. The Morgan fingerprint density at radius 3 is 2.74 bits per heavy atom. The Balaban J connectivity index is 1.10. The van der Waals surface area contributed by atoms with E-state index in [1.54, 1.807) is 0 Å². The number of aliphatic imine (C=N–C) groups is 1. The number of nitrogens with zero attached hydrogens (tertiary/aromatic N) is 2. The van der Waals surface area contributed by atoms with Gasteiger partial charge in [0.25, 0.3) is 5.91 Å². The molecule has 0 radical (unpaired) electrons. The number of likely N-dealkylation sites (tertiary alicyclic amines) is 1. The van der Waals surface area contributed by atoms with Crippen molar-refractivity contribution in [1.82, 2.24) is 10.2 Å². The van der Waals surface area contributed by atoms with Crippen LogP contribution in [-0.2, 0) is 18.3 Å². The molecule has 35 heavy (non-hydrogen) atoms. The molecule has 1 saturated heterocycles. The fourth-order valence-corrected chi connectivity index (χ4v) is 6.54. The maximum atomic E-state index is 13.0. The van der Waals surface area contributed by atoms with E-state index in [1.165, 1.54) is 60.2 Å². The molecule has 182 valence electrons. The third-order valence-electron chi connectivity index (χ3n) is 9.21. The van der Waals surface area contributed by atoms with Gasteiger partial charge in [-0.25, -0.2) is 0 Å². The molecule has 2 aromatic rings. The van der Waals surface area contributed by atoms with Gasteiger partial charge in [-0.3, -0.25) is 14.7 Å². The molecule has 2 aliphatic carbocycles. The Labute approximate surface area is 209 Å². The van der Waals surface area contributed by atoms with Crippen LogP contribution in [0.4, 0.5) is 0 Å². The standard InChI is InChI=1S/C31H37N3O/c1-21-29-18-25-9-10-26(17-28(25)31(21,2)13-16-34(29)20-23-3-4-23)30(35)33-15-11-22-5-7-24(8-6-22)27-12-14-32-19-27/h5-10,12,17,19,21,23,29H,3-4,11,13-16,18,20H2,1-2H3,(H,33,35)/t21-,29?,31-/m0/s1. The second-order valence-electron chi connectivity index (χ2n) is 11.4. The number of carbonyl (C=O) groups excluding carboxylic acids is 1. The van der Waals surface area contributed by atoms with Crippen LogP contribution < -0.4 is 5.32 Å². The van der Waals surface area contributed by atoms with Gasteiger partial charge in [0.15, 0.2) is 0 Å². The van der Waals surface area contributed by atoms with Gasteiger partial charge in [0.2, 0.25) is 0 Å². The number of amides is 1. The van der Waals surface area contributed by atoms with Crippen LogP contribution in [0, 0.1) is 11.8 Å². The number of piperidine rings is 1. The minimum absolute atomic E-state index is 0.0429. The molecule has 2 heterocycles. The highest BCUT2D eigenvalue weighted by atomic mass is 16.1. The molecule has 4 nitrogen and oxygen atoms in total. The van der Waals surface area contributed by atoms with E-state index < -0.39 is 0 Å². The Morgan fingerprint density at radius 2 is 2.00 bits per heavy atom. The quantitative estimate of drug-likeness (QED) is 0.619. The SMILES string of the molecule is C[C@H]1C2Cc3ccc(C(=O)NCCc4ccc(C5=CCN=C5)cc4)cc3[C@@]1(C)CCN2CC1CC1. The first-order chi connectivity index (χ1) is 17.0. The molecule has 1 unspecified atom stereocenters. The first kappa shape index (κ1) is 22.7. The zero-order chi connectivity index (χ0) is 24.0. The van der Waals surface area contributed by atoms with Crippen LogP contribution in [0.15, 0.2) is 53.5 Å². The summed E-state index contributed by atoms with van der Waals surface area (Å²) in [5.74, 6) is 1.60. The van der Waals surface area contributed by atoms with Crippen molar-refractivity contribution in [3.05, 3.63) is 76.4 Å². The number of nitrogens with one attached hydrogen (secondary N) is 1. The van der Waals surface area contributed by atoms with Crippen LogP contribution in [0.3, 0.4) is 0 Å². The molecule has 4 aliphatic rings. The fraction of sp³-hybridized carbons (Fsp3) is 0.484. The Hall–Kier alpha value is -2.72. The van der Waals surface area contributed by atoms with Gasteiger partial charge in [-0.05, 0) is 95.9 Å². The zero-order valence-corrected chi connectivity index (χ0v) is 21.1. The summed E-state index contributed by atoms with van der Waals surface area (Å²) in [6.07, 6.45) is 10.1. The Morgan fingerprint density at radius 1 is 1.17 bits per heavy atom. The highest BCUT2D eigenvalue weighted by molar-refractivity contribution is 6.11. The molecule has 2 fully saturated rings. The summed E-state index contributed by atoms with van der Waals surface area (Å²) in [7, 11) is 0. The molecule has 2 aromatic carbocycles. The van der Waals surface area contributed by atoms with Gasteiger partial charge >= 0.3 is 0 Å². The van der Waals surface area contributed by atoms with Gasteiger partial charge in [0, 0.05) is 30.9 Å². The molecule has 0 spiro atoms. The van der Waals surface area contributed by atoms with Gasteiger partial charge < -0.3 is 5.32 Å². The zero-order valence-electron chi connectivity index (χ0n) is 21.1. The van der Waals surface area contributed by atoms with E-state index in [9.17, 15) is 4.79 Å². The van der Waals surface area contributed by atoms with E-state index >= 15 is 0 Å². The van der Waals surface area contributed by atoms with Crippen molar-refractivity contribution in [2.75, 3.05) is 26.2 Å². The van der Waals surface area contributed by atoms with Crippen LogP contribution in [0.25, 0.3) is 5.57 Å². The van der Waals surface area contributed by atoms with E-state index in [1.807, 2.05) is 12.3 Å². The minimum Gasteiger partial charge on any atom is -0.352 e. The number of allylic oxidation sites excluding steroid dienone is 1. The normalized spacial score (nSPS) is 27.4. The van der Waals surface area contributed by atoms with Crippen molar-refractivity contribution in [3.63, 3.8) is 0 Å². The molecular formula is C31H37N3O. The Kier molecular flexibility index (Phi) is 5.88. The lowest BCUT2D eigenvalue weighted by Gasteiger charge is -2.55. The van der Waals surface area contributed by atoms with Crippen molar-refractivity contribution in [3.8, 4) is 0 Å². The number of fused-ring (bicyclic) bond motifs is 4. The average molecular weight is 468 g/mol. The molecule has 2 aliphatic heterocycles. The summed E-state index contributed by atoms with van der Waals surface area (Å²) in [6, 6.07) is 15.7. The van der Waals surface area contributed by atoms with E-state index in [0.29, 0.717) is 18.5 Å². The summed E-state index contributed by atoms with van der Waals surface area (Å²) in [5, 5.41) is 3.16. The summed E-state index contributed by atoms with van der Waals surface area (Å²) in [4.78, 5) is 20.1. The molecule has 6 rings (SSSR count). The van der Waals surface area contributed by atoms with E-state index in [-0.39, 0.29) is 11.3 Å². The van der Waals surface area contributed by atoms with Gasteiger partial charge in [-0.2, -0.15) is 0 Å². The number of hydrogen-bond donors (Lipinski definition) is 1. The van der Waals surface area contributed by atoms with Gasteiger partial charge in [-0.1, -0.05) is 50.3 Å². The monoisotopic (exact) mass is 467 g/mol. The molecule has 3 atom stereocenters. The predicted octanol–water partition coefficient (Wildman–Crippen LogP) is 5.06. The molecular weight excluding hydrogens is 430 g/mol. The van der Waals surface area contributed by atoms with Crippen LogP contribution in [0.2, 0.25) is 0 Å². The number of hydrogen-bond acceptors (Lipinski definition) is 3. The second-order valence-corrected chi connectivity index (χ2v) is 11.4. The third kappa shape index (κ3) is 4.38. The molecule has 1 saturated carbocycles. The molecule has 4 heteroatoms. The van der Waals surface area contributed by atoms with Crippen molar-refractivity contribution < 1.29 is 4.79 Å². The first-order valence-electron chi connectivity index (χ1n) is 13.5. The first-order valence-corrected chi connectivity index (χ1v) is 13.5. The van der Waals surface area contributed by atoms with Gasteiger partial charge in [0.05, 0.1) is 6.54 Å². The fourth-order valence-electron chi connectivity index (χ4n) is 6.54. The smallest absolute Gasteiger partial charge is 0.251 e. The Bertz CT molecular complexity index is 1180.